The van der Waals surface area contributed by atoms with E-state index in [1.165, 1.54) is 6.20 Å². The Bertz CT molecular complexity index is 600. The summed E-state index contributed by atoms with van der Waals surface area (Å²) in [6, 6.07) is 3.37. The summed E-state index contributed by atoms with van der Waals surface area (Å²) in [6.07, 6.45) is 2.33. The zero-order valence-electron chi connectivity index (χ0n) is 10.5. The van der Waals surface area contributed by atoms with Crippen molar-refractivity contribution in [1.82, 2.24) is 15.0 Å². The number of rotatable bonds is 3. The molecular formula is C13H12Cl3N3. The SMILES string of the molecule is CC(C)Cc1cc(Cl)nc(-c2ncc(Cl)cc2Cl)n1. The molecule has 2 aromatic heterocycles. The lowest BCUT2D eigenvalue weighted by molar-refractivity contribution is 0.634. The highest BCUT2D eigenvalue weighted by atomic mass is 35.5. The van der Waals surface area contributed by atoms with Crippen molar-refractivity contribution in [1.29, 1.82) is 0 Å². The summed E-state index contributed by atoms with van der Waals surface area (Å²) < 4.78 is 0. The van der Waals surface area contributed by atoms with E-state index >= 15 is 0 Å². The van der Waals surface area contributed by atoms with Crippen molar-refractivity contribution in [3.05, 3.63) is 39.2 Å². The first kappa shape index (κ1) is 14.5. The Hall–Kier alpha value is -0.900. The van der Waals surface area contributed by atoms with Gasteiger partial charge >= 0.3 is 0 Å². The molecule has 0 aliphatic carbocycles. The van der Waals surface area contributed by atoms with Gasteiger partial charge in [0.25, 0.3) is 0 Å². The molecule has 2 aromatic rings. The van der Waals surface area contributed by atoms with Crippen LogP contribution < -0.4 is 0 Å². The molecule has 0 saturated heterocycles. The third kappa shape index (κ3) is 3.78. The highest BCUT2D eigenvalue weighted by molar-refractivity contribution is 6.36. The molecule has 2 heterocycles. The van der Waals surface area contributed by atoms with Crippen molar-refractivity contribution in [3.63, 3.8) is 0 Å². The summed E-state index contributed by atoms with van der Waals surface area (Å²) in [4.78, 5) is 12.8. The first-order valence-electron chi connectivity index (χ1n) is 5.80. The minimum atomic E-state index is 0.383. The predicted molar refractivity (Wildman–Crippen MR) is 78.8 cm³/mol. The molecule has 0 aliphatic heterocycles. The van der Waals surface area contributed by atoms with E-state index in [1.54, 1.807) is 12.1 Å². The Balaban J connectivity index is 2.46. The van der Waals surface area contributed by atoms with E-state index < -0.39 is 0 Å². The quantitative estimate of drug-likeness (QED) is 0.771. The maximum absolute atomic E-state index is 6.10. The maximum Gasteiger partial charge on any atom is 0.181 e. The summed E-state index contributed by atoms with van der Waals surface area (Å²) in [5, 5.41) is 1.26. The average Bonchev–Trinajstić information content (AvgIpc) is 2.26. The molecule has 3 nitrogen and oxygen atoms in total. The molecule has 0 atom stereocenters. The molecule has 0 aliphatic rings. The van der Waals surface area contributed by atoms with Gasteiger partial charge in [0, 0.05) is 11.9 Å². The molecule has 0 spiro atoms. The molecule has 19 heavy (non-hydrogen) atoms. The van der Waals surface area contributed by atoms with Gasteiger partial charge in [-0.1, -0.05) is 48.7 Å². The number of aromatic nitrogens is 3. The lowest BCUT2D eigenvalue weighted by Gasteiger charge is -2.08. The standard InChI is InChI=1S/C13H12Cl3N3/c1-7(2)3-9-5-11(16)19-13(18-9)12-10(15)4-8(14)6-17-12/h4-7H,3H2,1-2H3. The van der Waals surface area contributed by atoms with Crippen LogP contribution in [0, 0.1) is 5.92 Å². The van der Waals surface area contributed by atoms with Crippen LogP contribution in [0.5, 0.6) is 0 Å². The molecule has 0 fully saturated rings. The van der Waals surface area contributed by atoms with E-state index in [0.717, 1.165) is 12.1 Å². The van der Waals surface area contributed by atoms with Gasteiger partial charge in [0.2, 0.25) is 0 Å². The molecule has 2 rings (SSSR count). The molecule has 0 unspecified atom stereocenters. The second kappa shape index (κ2) is 6.04. The fraction of sp³-hybridized carbons (Fsp3) is 0.308. The van der Waals surface area contributed by atoms with E-state index in [4.69, 9.17) is 34.8 Å². The summed E-state index contributed by atoms with van der Waals surface area (Å²) in [5.74, 6) is 0.900. The maximum atomic E-state index is 6.10. The van der Waals surface area contributed by atoms with E-state index in [1.807, 2.05) is 0 Å². The molecule has 0 N–H and O–H groups in total. The molecule has 6 heteroatoms. The molecule has 0 aromatic carbocycles. The van der Waals surface area contributed by atoms with Crippen LogP contribution in [-0.2, 0) is 6.42 Å². The molecular weight excluding hydrogens is 305 g/mol. The topological polar surface area (TPSA) is 38.7 Å². The number of nitrogens with zero attached hydrogens (tertiary/aromatic N) is 3. The largest absolute Gasteiger partial charge is 0.250 e. The normalized spacial score (nSPS) is 11.1. The fourth-order valence-corrected chi connectivity index (χ4v) is 2.34. The van der Waals surface area contributed by atoms with Gasteiger partial charge in [-0.25, -0.2) is 15.0 Å². The molecule has 0 bridgehead atoms. The van der Waals surface area contributed by atoms with Gasteiger partial charge in [0.1, 0.15) is 10.8 Å². The Morgan fingerprint density at radius 1 is 1.11 bits per heavy atom. The number of hydrogen-bond donors (Lipinski definition) is 0. The number of pyridine rings is 1. The zero-order valence-corrected chi connectivity index (χ0v) is 12.8. The first-order valence-corrected chi connectivity index (χ1v) is 6.94. The van der Waals surface area contributed by atoms with Gasteiger partial charge in [-0.3, -0.25) is 0 Å². The van der Waals surface area contributed by atoms with Crippen molar-refractivity contribution in [2.45, 2.75) is 20.3 Å². The van der Waals surface area contributed by atoms with E-state index in [-0.39, 0.29) is 0 Å². The van der Waals surface area contributed by atoms with Crippen molar-refractivity contribution >= 4 is 34.8 Å². The number of halogens is 3. The first-order chi connectivity index (χ1) is 8.95. The third-order valence-electron chi connectivity index (χ3n) is 2.38. The van der Waals surface area contributed by atoms with Crippen LogP contribution in [-0.4, -0.2) is 15.0 Å². The van der Waals surface area contributed by atoms with Crippen molar-refractivity contribution < 1.29 is 0 Å². The van der Waals surface area contributed by atoms with Crippen LogP contribution in [0.1, 0.15) is 19.5 Å². The van der Waals surface area contributed by atoms with Crippen LogP contribution >= 0.6 is 34.8 Å². The van der Waals surface area contributed by atoms with Crippen molar-refractivity contribution in [3.8, 4) is 11.5 Å². The molecule has 0 radical (unpaired) electrons. The summed E-state index contributed by atoms with van der Waals surface area (Å²) in [6.45, 7) is 4.23. The van der Waals surface area contributed by atoms with Gasteiger partial charge in [0.05, 0.1) is 10.0 Å². The Morgan fingerprint density at radius 2 is 1.84 bits per heavy atom. The summed E-state index contributed by atoms with van der Waals surface area (Å²) in [7, 11) is 0. The average molecular weight is 317 g/mol. The molecule has 100 valence electrons. The van der Waals surface area contributed by atoms with Crippen LogP contribution in [0.3, 0.4) is 0 Å². The minimum Gasteiger partial charge on any atom is -0.250 e. The van der Waals surface area contributed by atoms with E-state index in [2.05, 4.69) is 28.8 Å². The van der Waals surface area contributed by atoms with Crippen LogP contribution in [0.15, 0.2) is 18.3 Å². The van der Waals surface area contributed by atoms with Gasteiger partial charge in [-0.2, -0.15) is 0 Å². The summed E-state index contributed by atoms with van der Waals surface area (Å²) in [5.41, 5.74) is 1.36. The smallest absolute Gasteiger partial charge is 0.181 e. The highest BCUT2D eigenvalue weighted by Crippen LogP contribution is 2.26. The van der Waals surface area contributed by atoms with Gasteiger partial charge in [-0.05, 0) is 24.5 Å². The Labute approximate surface area is 127 Å². The lowest BCUT2D eigenvalue weighted by atomic mass is 10.1. The Kier molecular flexibility index (Phi) is 4.61. The second-order valence-corrected chi connectivity index (χ2v) is 5.82. The highest BCUT2D eigenvalue weighted by Gasteiger charge is 2.12. The zero-order chi connectivity index (χ0) is 14.0. The van der Waals surface area contributed by atoms with Gasteiger partial charge in [0.15, 0.2) is 5.82 Å². The Morgan fingerprint density at radius 3 is 2.47 bits per heavy atom. The van der Waals surface area contributed by atoms with Crippen LogP contribution in [0.25, 0.3) is 11.5 Å². The van der Waals surface area contributed by atoms with Gasteiger partial charge < -0.3 is 0 Å². The van der Waals surface area contributed by atoms with Crippen LogP contribution in [0.2, 0.25) is 15.2 Å². The fourth-order valence-electron chi connectivity index (χ4n) is 1.67. The molecule has 0 amide bonds. The third-order valence-corrected chi connectivity index (χ3v) is 3.07. The van der Waals surface area contributed by atoms with Crippen LogP contribution in [0.4, 0.5) is 0 Å². The monoisotopic (exact) mass is 315 g/mol. The lowest BCUT2D eigenvalue weighted by Crippen LogP contribution is -2.01. The van der Waals surface area contributed by atoms with Crippen molar-refractivity contribution in [2.24, 2.45) is 5.92 Å². The van der Waals surface area contributed by atoms with Crippen molar-refractivity contribution in [2.75, 3.05) is 0 Å². The van der Waals surface area contributed by atoms with Gasteiger partial charge in [-0.15, -0.1) is 0 Å². The molecule has 0 saturated carbocycles. The second-order valence-electron chi connectivity index (χ2n) is 4.59. The van der Waals surface area contributed by atoms with E-state index in [9.17, 15) is 0 Å². The minimum absolute atomic E-state index is 0.383. The summed E-state index contributed by atoms with van der Waals surface area (Å²) >= 11 is 17.9. The van der Waals surface area contributed by atoms with E-state index in [0.29, 0.717) is 32.6 Å². The predicted octanol–water partition coefficient (Wildman–Crippen LogP) is 4.70. The number of hydrogen-bond acceptors (Lipinski definition) is 3.